The van der Waals surface area contributed by atoms with Gasteiger partial charge in [0.1, 0.15) is 0 Å². The summed E-state index contributed by atoms with van der Waals surface area (Å²) in [6.07, 6.45) is 0. The largest absolute Gasteiger partial charge is 0.321 e. The maximum atomic E-state index is 12.6. The fraction of sp³-hybridized carbons (Fsp3) is 0.222. The van der Waals surface area contributed by atoms with Crippen LogP contribution in [-0.4, -0.2) is 26.0 Å². The van der Waals surface area contributed by atoms with Gasteiger partial charge >= 0.3 is 0 Å². The lowest BCUT2D eigenvalue weighted by Gasteiger charge is -2.19. The van der Waals surface area contributed by atoms with Crippen molar-refractivity contribution in [2.45, 2.75) is 13.8 Å². The molecule has 1 aliphatic rings. The molecule has 0 aliphatic carbocycles. The Kier molecular flexibility index (Phi) is 5.09. The molecule has 1 saturated heterocycles. The van der Waals surface area contributed by atoms with Crippen molar-refractivity contribution in [2.24, 2.45) is 5.41 Å². The van der Waals surface area contributed by atoms with Gasteiger partial charge in [-0.3, -0.25) is 9.59 Å². The lowest BCUT2D eigenvalue weighted by Crippen LogP contribution is -2.33. The molecule has 0 bridgehead atoms. The SMILES string of the molecule is CC1(C)CS(=O)(=O)N(c2cc(C(=O)Nc3ccccc3Br)ccc2Cl)C1=O. The molecule has 9 heteroatoms. The first kappa shape index (κ1) is 19.9. The summed E-state index contributed by atoms with van der Waals surface area (Å²) >= 11 is 9.50. The number of benzene rings is 2. The summed E-state index contributed by atoms with van der Waals surface area (Å²) in [6, 6.07) is 11.3. The second kappa shape index (κ2) is 6.92. The minimum Gasteiger partial charge on any atom is -0.321 e. The van der Waals surface area contributed by atoms with Gasteiger partial charge < -0.3 is 5.32 Å². The standard InChI is InChI=1S/C18H16BrClN2O4S/c1-18(2)10-27(25,26)22(17(18)24)15-9-11(7-8-13(15)20)16(23)21-14-6-4-3-5-12(14)19/h3-9H,10H2,1-2H3,(H,21,23). The van der Waals surface area contributed by atoms with E-state index >= 15 is 0 Å². The van der Waals surface area contributed by atoms with Gasteiger partial charge in [-0.2, -0.15) is 0 Å². The first-order chi connectivity index (χ1) is 12.5. The van der Waals surface area contributed by atoms with Gasteiger partial charge in [0.05, 0.1) is 27.6 Å². The van der Waals surface area contributed by atoms with Crippen LogP contribution in [0.2, 0.25) is 5.02 Å². The Balaban J connectivity index is 1.99. The molecule has 142 valence electrons. The highest BCUT2D eigenvalue weighted by molar-refractivity contribution is 9.10. The fourth-order valence-electron chi connectivity index (χ4n) is 2.81. The van der Waals surface area contributed by atoms with E-state index in [0.717, 1.165) is 0 Å². The van der Waals surface area contributed by atoms with Gasteiger partial charge in [-0.05, 0) is 60.1 Å². The second-order valence-electron chi connectivity index (χ2n) is 6.81. The molecule has 2 amide bonds. The molecule has 1 N–H and O–H groups in total. The average Bonchev–Trinajstić information content (AvgIpc) is 2.73. The first-order valence-electron chi connectivity index (χ1n) is 7.96. The minimum absolute atomic E-state index is 0.0213. The number of nitrogens with zero attached hydrogens (tertiary/aromatic N) is 1. The van der Waals surface area contributed by atoms with Crippen molar-refractivity contribution in [3.05, 3.63) is 57.5 Å². The van der Waals surface area contributed by atoms with Crippen LogP contribution in [0.1, 0.15) is 24.2 Å². The van der Waals surface area contributed by atoms with Gasteiger partial charge in [-0.1, -0.05) is 23.7 Å². The number of hydrogen-bond donors (Lipinski definition) is 1. The van der Waals surface area contributed by atoms with Gasteiger partial charge in [-0.25, -0.2) is 12.7 Å². The molecule has 1 heterocycles. The number of rotatable bonds is 3. The molecule has 0 atom stereocenters. The Labute approximate surface area is 170 Å². The molecular formula is C18H16BrClN2O4S. The number of anilines is 2. The van der Waals surface area contributed by atoms with Gasteiger partial charge in [0, 0.05) is 10.0 Å². The van der Waals surface area contributed by atoms with E-state index in [1.54, 1.807) is 32.0 Å². The van der Waals surface area contributed by atoms with Gasteiger partial charge in [0.15, 0.2) is 0 Å². The predicted molar refractivity (Wildman–Crippen MR) is 109 cm³/mol. The van der Waals surface area contributed by atoms with Gasteiger partial charge in [0.2, 0.25) is 15.9 Å². The first-order valence-corrected chi connectivity index (χ1v) is 10.7. The van der Waals surface area contributed by atoms with E-state index in [0.29, 0.717) is 14.5 Å². The highest BCUT2D eigenvalue weighted by atomic mass is 79.9. The molecule has 0 aromatic heterocycles. The molecule has 2 aromatic rings. The number of carbonyl (C=O) groups excluding carboxylic acids is 2. The lowest BCUT2D eigenvalue weighted by molar-refractivity contribution is -0.123. The van der Waals surface area contributed by atoms with Crippen molar-refractivity contribution in [2.75, 3.05) is 15.4 Å². The monoisotopic (exact) mass is 470 g/mol. The van der Waals surface area contributed by atoms with Crippen LogP contribution in [0, 0.1) is 5.41 Å². The van der Waals surface area contributed by atoms with E-state index in [-0.39, 0.29) is 22.0 Å². The predicted octanol–water partition coefficient (Wildman–Crippen LogP) is 4.06. The zero-order chi connectivity index (χ0) is 20.0. The maximum Gasteiger partial charge on any atom is 0.255 e. The number of para-hydroxylation sites is 1. The van der Waals surface area contributed by atoms with Crippen LogP contribution in [0.4, 0.5) is 11.4 Å². The van der Waals surface area contributed by atoms with Crippen LogP contribution in [0.3, 0.4) is 0 Å². The van der Waals surface area contributed by atoms with E-state index in [4.69, 9.17) is 11.6 Å². The summed E-state index contributed by atoms with van der Waals surface area (Å²) in [4.78, 5) is 25.2. The number of carbonyl (C=O) groups is 2. The zero-order valence-corrected chi connectivity index (χ0v) is 17.7. The number of nitrogens with one attached hydrogen (secondary N) is 1. The quantitative estimate of drug-likeness (QED) is 0.732. The third-order valence-corrected chi connectivity index (χ3v) is 7.15. The van der Waals surface area contributed by atoms with E-state index in [9.17, 15) is 18.0 Å². The Morgan fingerprint density at radius 3 is 2.48 bits per heavy atom. The Hall–Kier alpha value is -1.90. The Morgan fingerprint density at radius 1 is 1.22 bits per heavy atom. The summed E-state index contributed by atoms with van der Waals surface area (Å²) in [5, 5.41) is 2.80. The highest BCUT2D eigenvalue weighted by Gasteiger charge is 2.50. The molecular weight excluding hydrogens is 456 g/mol. The van der Waals surface area contributed by atoms with Crippen LogP contribution >= 0.6 is 27.5 Å². The van der Waals surface area contributed by atoms with Crippen molar-refractivity contribution in [3.63, 3.8) is 0 Å². The van der Waals surface area contributed by atoms with E-state index in [2.05, 4.69) is 21.2 Å². The molecule has 27 heavy (non-hydrogen) atoms. The maximum absolute atomic E-state index is 12.6. The third kappa shape index (κ3) is 3.74. The molecule has 1 fully saturated rings. The number of sulfonamides is 1. The fourth-order valence-corrected chi connectivity index (χ4v) is 5.56. The smallest absolute Gasteiger partial charge is 0.255 e. The van der Waals surface area contributed by atoms with Crippen molar-refractivity contribution in [1.29, 1.82) is 0 Å². The molecule has 0 unspecified atom stereocenters. The lowest BCUT2D eigenvalue weighted by atomic mass is 9.95. The second-order valence-corrected chi connectivity index (χ2v) is 9.89. The topological polar surface area (TPSA) is 83.6 Å². The van der Waals surface area contributed by atoms with Crippen LogP contribution in [-0.2, 0) is 14.8 Å². The molecule has 0 spiro atoms. The van der Waals surface area contributed by atoms with E-state index < -0.39 is 27.3 Å². The number of amides is 2. The molecule has 3 rings (SSSR count). The molecule has 2 aromatic carbocycles. The summed E-state index contributed by atoms with van der Waals surface area (Å²) in [5.74, 6) is -1.35. The molecule has 6 nitrogen and oxygen atoms in total. The highest BCUT2D eigenvalue weighted by Crippen LogP contribution is 2.39. The summed E-state index contributed by atoms with van der Waals surface area (Å²) in [6.45, 7) is 3.12. The van der Waals surface area contributed by atoms with Crippen molar-refractivity contribution in [3.8, 4) is 0 Å². The van der Waals surface area contributed by atoms with Gasteiger partial charge in [0.25, 0.3) is 5.91 Å². The van der Waals surface area contributed by atoms with Crippen LogP contribution in [0.15, 0.2) is 46.9 Å². The minimum atomic E-state index is -3.87. The van der Waals surface area contributed by atoms with E-state index in [1.807, 2.05) is 6.07 Å². The number of hydrogen-bond acceptors (Lipinski definition) is 4. The van der Waals surface area contributed by atoms with Crippen LogP contribution in [0.25, 0.3) is 0 Å². The van der Waals surface area contributed by atoms with Crippen LogP contribution in [0.5, 0.6) is 0 Å². The summed E-state index contributed by atoms with van der Waals surface area (Å²) in [7, 11) is -3.87. The molecule has 1 aliphatic heterocycles. The summed E-state index contributed by atoms with van der Waals surface area (Å²) < 4.78 is 26.4. The zero-order valence-electron chi connectivity index (χ0n) is 14.5. The van der Waals surface area contributed by atoms with Crippen molar-refractivity contribution >= 4 is 60.7 Å². The molecule has 0 saturated carbocycles. The number of halogens is 2. The Bertz CT molecular complexity index is 1050. The average molecular weight is 472 g/mol. The van der Waals surface area contributed by atoms with Crippen LogP contribution < -0.4 is 9.62 Å². The van der Waals surface area contributed by atoms with Gasteiger partial charge in [-0.15, -0.1) is 0 Å². The summed E-state index contributed by atoms with van der Waals surface area (Å²) in [5.41, 5.74) is -0.343. The third-order valence-electron chi connectivity index (χ3n) is 4.13. The Morgan fingerprint density at radius 2 is 1.89 bits per heavy atom. The van der Waals surface area contributed by atoms with Crippen molar-refractivity contribution in [1.82, 2.24) is 0 Å². The normalized spacial score (nSPS) is 17.8. The van der Waals surface area contributed by atoms with E-state index in [1.165, 1.54) is 18.2 Å². The van der Waals surface area contributed by atoms with Crippen molar-refractivity contribution < 1.29 is 18.0 Å². The molecule has 0 radical (unpaired) electrons.